The molecule has 0 saturated heterocycles. The lowest BCUT2D eigenvalue weighted by Crippen LogP contribution is -2.22. The predicted molar refractivity (Wildman–Crippen MR) is 234 cm³/mol. The fourth-order valence-corrected chi connectivity index (χ4v) is 8.58. The zero-order chi connectivity index (χ0) is 38.2. The third kappa shape index (κ3) is 6.64. The summed E-state index contributed by atoms with van der Waals surface area (Å²) in [5.41, 5.74) is 21.5. The summed E-state index contributed by atoms with van der Waals surface area (Å²) in [6.07, 6.45) is 8.91. The first-order chi connectivity index (χ1) is 27.5. The van der Waals surface area contributed by atoms with Crippen molar-refractivity contribution in [2.45, 2.75) is 72.6 Å². The molecule has 0 aliphatic carbocycles. The van der Waals surface area contributed by atoms with Gasteiger partial charge >= 0.3 is 0 Å². The van der Waals surface area contributed by atoms with Gasteiger partial charge in [-0.3, -0.25) is 4.99 Å². The molecule has 4 aromatic carbocycles. The van der Waals surface area contributed by atoms with Crippen LogP contribution in [0.5, 0.6) is 0 Å². The van der Waals surface area contributed by atoms with Gasteiger partial charge in [-0.05, 0) is 107 Å². The molecule has 0 unspecified atom stereocenters. The number of nitrogens with one attached hydrogen (secondary N) is 3. The highest BCUT2D eigenvalue weighted by molar-refractivity contribution is 6.24. The van der Waals surface area contributed by atoms with Crippen molar-refractivity contribution in [2.75, 3.05) is 0 Å². The number of H-pyrrole nitrogens is 2. The topological polar surface area (TPSA) is 56.0 Å². The molecule has 0 amide bonds. The van der Waals surface area contributed by atoms with Crippen LogP contribution in [-0.2, 0) is 25.7 Å². The first-order valence-corrected chi connectivity index (χ1v) is 20.6. The van der Waals surface area contributed by atoms with E-state index in [1.165, 1.54) is 72.5 Å². The third-order valence-electron chi connectivity index (χ3n) is 11.9. The first-order valence-electron chi connectivity index (χ1n) is 20.6. The minimum Gasteiger partial charge on any atom is -0.358 e. The van der Waals surface area contributed by atoms with Gasteiger partial charge in [-0.25, -0.2) is 0 Å². The Morgan fingerprint density at radius 2 is 0.893 bits per heavy atom. The summed E-state index contributed by atoms with van der Waals surface area (Å²) in [5.74, 6) is 0. The van der Waals surface area contributed by atoms with Gasteiger partial charge in [-0.15, -0.1) is 0 Å². The Balaban J connectivity index is 1.35. The molecule has 8 bridgehead atoms. The van der Waals surface area contributed by atoms with E-state index in [1.807, 2.05) is 0 Å². The van der Waals surface area contributed by atoms with Gasteiger partial charge in [0.2, 0.25) is 0 Å². The lowest BCUT2D eigenvalue weighted by molar-refractivity contribution is 1.03. The van der Waals surface area contributed by atoms with E-state index in [9.17, 15) is 0 Å². The second-order valence-electron chi connectivity index (χ2n) is 15.2. The minimum atomic E-state index is 0.791. The van der Waals surface area contributed by atoms with Crippen LogP contribution in [0.25, 0.3) is 22.3 Å². The molecule has 3 N–H and O–H groups in total. The molecule has 3 aliphatic rings. The van der Waals surface area contributed by atoms with Crippen LogP contribution in [0.4, 0.5) is 0 Å². The summed E-state index contributed by atoms with van der Waals surface area (Å²) in [4.78, 5) is 13.5. The second kappa shape index (κ2) is 15.2. The average molecular weight is 731 g/mol. The molecular weight excluding hydrogens is 681 g/mol. The second-order valence-corrected chi connectivity index (χ2v) is 15.2. The van der Waals surface area contributed by atoms with Gasteiger partial charge in [0.1, 0.15) is 0 Å². The highest BCUT2D eigenvalue weighted by atomic mass is 14.9. The summed E-state index contributed by atoms with van der Waals surface area (Å²) in [6, 6.07) is 45.4. The number of aromatic nitrogens is 2. The van der Waals surface area contributed by atoms with E-state index in [0.29, 0.717) is 0 Å². The van der Waals surface area contributed by atoms with Crippen molar-refractivity contribution in [2.24, 2.45) is 4.99 Å². The standard InChI is InChI=1S/C52H50N4/c1-5-33-9-17-37(18-10-33)49-41-25-27-43(53-41)50(38-19-11-34(6-2)12-20-38)45-29-31-47(55-45)52(40-23-15-36(8-4)16-24-40)48-32-30-46(56-48)51(44-28-26-42(49)54-44)39-21-13-35(7-3)14-22-39/h9-27,30,32,53-54,56H,5-8,28-29,31H2,1-4H3. The molecule has 2 aromatic heterocycles. The number of fused-ring (bicyclic) bond motifs is 7. The number of aliphatic imine (C=N–C) groups is 1. The molecule has 0 spiro atoms. The van der Waals surface area contributed by atoms with Gasteiger partial charge < -0.3 is 15.3 Å². The maximum atomic E-state index is 5.60. The number of hydrogen-bond acceptors (Lipinski definition) is 2. The molecule has 56 heavy (non-hydrogen) atoms. The van der Waals surface area contributed by atoms with Gasteiger partial charge in [0, 0.05) is 62.2 Å². The van der Waals surface area contributed by atoms with Crippen LogP contribution in [0.3, 0.4) is 0 Å². The lowest BCUT2D eigenvalue weighted by Gasteiger charge is -2.16. The monoisotopic (exact) mass is 730 g/mol. The number of aromatic amines is 2. The van der Waals surface area contributed by atoms with Crippen LogP contribution >= 0.6 is 0 Å². The van der Waals surface area contributed by atoms with Crippen LogP contribution in [0.15, 0.2) is 149 Å². The molecular formula is C52H50N4. The molecule has 0 saturated carbocycles. The van der Waals surface area contributed by atoms with E-state index in [4.69, 9.17) is 4.99 Å². The van der Waals surface area contributed by atoms with Crippen LogP contribution in [0, 0.1) is 0 Å². The van der Waals surface area contributed by atoms with E-state index < -0.39 is 0 Å². The van der Waals surface area contributed by atoms with Gasteiger partial charge in [0.05, 0.1) is 11.4 Å². The smallest absolute Gasteiger partial charge is 0.0510 e. The Morgan fingerprint density at radius 3 is 1.41 bits per heavy atom. The zero-order valence-corrected chi connectivity index (χ0v) is 33.0. The summed E-state index contributed by atoms with van der Waals surface area (Å²) < 4.78 is 0. The molecule has 6 aromatic rings. The summed E-state index contributed by atoms with van der Waals surface area (Å²) >= 11 is 0. The van der Waals surface area contributed by atoms with Gasteiger partial charge in [0.15, 0.2) is 0 Å². The largest absolute Gasteiger partial charge is 0.358 e. The normalized spacial score (nSPS) is 15.4. The molecule has 278 valence electrons. The number of rotatable bonds is 8. The van der Waals surface area contributed by atoms with E-state index >= 15 is 0 Å². The van der Waals surface area contributed by atoms with Gasteiger partial charge in [0.25, 0.3) is 0 Å². The lowest BCUT2D eigenvalue weighted by atomic mass is 9.96. The molecule has 0 atom stereocenters. The van der Waals surface area contributed by atoms with E-state index in [1.54, 1.807) is 0 Å². The van der Waals surface area contributed by atoms with Crippen molar-refractivity contribution in [1.82, 2.24) is 15.3 Å². The Labute approximate surface area is 330 Å². The highest BCUT2D eigenvalue weighted by Gasteiger charge is 2.26. The Hall–Kier alpha value is -6.13. The van der Waals surface area contributed by atoms with E-state index in [-0.39, 0.29) is 0 Å². The molecule has 5 heterocycles. The highest BCUT2D eigenvalue weighted by Crippen LogP contribution is 2.38. The Bertz CT molecular complexity index is 2670. The van der Waals surface area contributed by atoms with Crippen LogP contribution < -0.4 is 16.0 Å². The van der Waals surface area contributed by atoms with Crippen molar-refractivity contribution >= 4 is 28.0 Å². The van der Waals surface area contributed by atoms with Crippen molar-refractivity contribution in [3.05, 3.63) is 211 Å². The molecule has 0 fully saturated rings. The molecule has 4 heteroatoms. The van der Waals surface area contributed by atoms with Crippen molar-refractivity contribution in [1.29, 1.82) is 0 Å². The summed E-state index contributed by atoms with van der Waals surface area (Å²) in [6.45, 7) is 8.86. The summed E-state index contributed by atoms with van der Waals surface area (Å²) in [7, 11) is 0. The first kappa shape index (κ1) is 35.6. The SMILES string of the molecule is CCc1ccc(C2=C3CCC(=N3)C(c3ccc(CC)cc3)=c3ccc([nH]3)=C(c3ccc(CC)cc3)C3=CCC(=C(c4ccc(CC)cc4)c4ccc2[nH]4)N3)cc1. The number of aryl methyl sites for hydroxylation is 4. The van der Waals surface area contributed by atoms with Crippen molar-refractivity contribution < 1.29 is 0 Å². The maximum Gasteiger partial charge on any atom is 0.0510 e. The maximum absolute atomic E-state index is 5.60. The van der Waals surface area contributed by atoms with E-state index in [0.717, 1.165) is 84.1 Å². The Morgan fingerprint density at radius 1 is 0.446 bits per heavy atom. The minimum absolute atomic E-state index is 0.791. The predicted octanol–water partition coefficient (Wildman–Crippen LogP) is 10.3. The van der Waals surface area contributed by atoms with Gasteiger partial charge in [-0.1, -0.05) is 131 Å². The average Bonchev–Trinajstić information content (AvgIpc) is 4.10. The Kier molecular flexibility index (Phi) is 9.65. The van der Waals surface area contributed by atoms with Crippen molar-refractivity contribution in [3.8, 4) is 0 Å². The fourth-order valence-electron chi connectivity index (χ4n) is 8.58. The molecule has 0 radical (unpaired) electrons. The zero-order valence-electron chi connectivity index (χ0n) is 33.0. The molecule has 3 aliphatic heterocycles. The molecule has 4 nitrogen and oxygen atoms in total. The van der Waals surface area contributed by atoms with E-state index in [2.05, 4.69) is 170 Å². The number of allylic oxidation sites excluding steroid dienone is 3. The fraction of sp³-hybridized carbons (Fsp3) is 0.212. The third-order valence-corrected chi connectivity index (χ3v) is 11.9. The van der Waals surface area contributed by atoms with Crippen LogP contribution in [-0.4, -0.2) is 15.7 Å². The van der Waals surface area contributed by atoms with Crippen LogP contribution in [0.1, 0.15) is 103 Å². The number of benzene rings is 4. The number of hydrogen-bond donors (Lipinski definition) is 3. The number of nitrogens with zero attached hydrogens (tertiary/aromatic N) is 1. The molecule has 9 rings (SSSR count). The van der Waals surface area contributed by atoms with Crippen LogP contribution in [0.2, 0.25) is 0 Å². The summed E-state index contributed by atoms with van der Waals surface area (Å²) in [5, 5.41) is 6.16. The quantitative estimate of drug-likeness (QED) is 0.144. The van der Waals surface area contributed by atoms with Crippen molar-refractivity contribution in [3.63, 3.8) is 0 Å². The van der Waals surface area contributed by atoms with Gasteiger partial charge in [-0.2, -0.15) is 0 Å².